The molecule has 0 aromatic heterocycles. The minimum absolute atomic E-state index is 0.127. The lowest BCUT2D eigenvalue weighted by Crippen LogP contribution is -2.29. The number of methoxy groups -OCH3 is 1. The number of halogens is 4. The van der Waals surface area contributed by atoms with Crippen molar-refractivity contribution in [1.29, 1.82) is 0 Å². The Morgan fingerprint density at radius 1 is 1.06 bits per heavy atom. The van der Waals surface area contributed by atoms with Gasteiger partial charge in [-0.15, -0.1) is 0 Å². The number of nitrogens with one attached hydrogen (secondary N) is 1. The molecule has 1 N–H and O–H groups in total. The van der Waals surface area contributed by atoms with Gasteiger partial charge in [0.2, 0.25) is 0 Å². The molecule has 0 spiro atoms. The summed E-state index contributed by atoms with van der Waals surface area (Å²) >= 11 is 22.3. The monoisotopic (exact) mass is 577 g/mol. The van der Waals surface area contributed by atoms with Crippen LogP contribution in [0.3, 0.4) is 0 Å². The first kappa shape index (κ1) is 23.9. The molecule has 1 heterocycles. The molecule has 0 unspecified atom stereocenters. The van der Waals surface area contributed by atoms with Gasteiger partial charge in [-0.05, 0) is 93.8 Å². The number of benzene rings is 3. The van der Waals surface area contributed by atoms with Crippen molar-refractivity contribution < 1.29 is 9.47 Å². The fraction of sp³-hybridized carbons (Fsp3) is 0.259. The van der Waals surface area contributed by atoms with Gasteiger partial charge in [0.05, 0.1) is 27.7 Å². The summed E-state index contributed by atoms with van der Waals surface area (Å²) < 4.78 is 12.7. The lowest BCUT2D eigenvalue weighted by atomic mass is 9.76. The summed E-state index contributed by atoms with van der Waals surface area (Å²) in [6.45, 7) is 2.44. The summed E-state index contributed by atoms with van der Waals surface area (Å²) in [5, 5.41) is 5.61. The smallest absolute Gasteiger partial charge is 0.175 e. The van der Waals surface area contributed by atoms with Crippen LogP contribution in [0.4, 0.5) is 5.69 Å². The molecule has 3 aromatic rings. The second-order valence-electron chi connectivity index (χ2n) is 8.73. The Labute approximate surface area is 223 Å². The molecule has 3 nitrogen and oxygen atoms in total. The molecule has 1 aliphatic carbocycles. The van der Waals surface area contributed by atoms with Gasteiger partial charge in [-0.3, -0.25) is 0 Å². The molecule has 0 radical (unpaired) electrons. The van der Waals surface area contributed by atoms with Gasteiger partial charge in [0.25, 0.3) is 0 Å². The van der Waals surface area contributed by atoms with E-state index in [1.807, 2.05) is 18.2 Å². The minimum Gasteiger partial charge on any atom is -0.493 e. The van der Waals surface area contributed by atoms with E-state index < -0.39 is 0 Å². The van der Waals surface area contributed by atoms with E-state index in [0.29, 0.717) is 40.0 Å². The maximum Gasteiger partial charge on any atom is 0.175 e. The number of anilines is 1. The average Bonchev–Trinajstić information content (AvgIpc) is 3.30. The van der Waals surface area contributed by atoms with Crippen molar-refractivity contribution in [2.24, 2.45) is 5.92 Å². The molecule has 0 bridgehead atoms. The predicted octanol–water partition coefficient (Wildman–Crippen LogP) is 9.13. The van der Waals surface area contributed by atoms with Gasteiger partial charge in [0.1, 0.15) is 6.61 Å². The number of ether oxygens (including phenoxy) is 2. The standard InChI is InChI=1S/C27H23BrCl3NO2/c1-14-8-17(29)12-20-18-4-3-5-19(18)26(32-25(14)20)16-10-21(28)27(24(11-16)33-2)34-13-15-6-7-22(30)23(31)9-15/h3-4,6-12,18-19,26,32H,5,13H2,1-2H3/t18-,19-,26-/m0/s1. The van der Waals surface area contributed by atoms with E-state index in [1.54, 1.807) is 13.2 Å². The Bertz CT molecular complexity index is 1290. The summed E-state index contributed by atoms with van der Waals surface area (Å²) in [6.07, 6.45) is 5.59. The molecule has 1 aliphatic heterocycles. The first-order valence-corrected chi connectivity index (χ1v) is 13.0. The second kappa shape index (κ2) is 9.66. The number of fused-ring (bicyclic) bond motifs is 3. The van der Waals surface area contributed by atoms with Gasteiger partial charge in [0.15, 0.2) is 11.5 Å². The Balaban J connectivity index is 1.46. The maximum absolute atomic E-state index is 6.39. The highest BCUT2D eigenvalue weighted by atomic mass is 79.9. The minimum atomic E-state index is 0.127. The van der Waals surface area contributed by atoms with Crippen LogP contribution in [0.2, 0.25) is 15.1 Å². The van der Waals surface area contributed by atoms with Crippen LogP contribution in [-0.4, -0.2) is 7.11 Å². The van der Waals surface area contributed by atoms with Crippen molar-refractivity contribution >= 4 is 56.4 Å². The normalized spacial score (nSPS) is 20.5. The van der Waals surface area contributed by atoms with Gasteiger partial charge < -0.3 is 14.8 Å². The average molecular weight is 580 g/mol. The van der Waals surface area contributed by atoms with E-state index in [4.69, 9.17) is 44.3 Å². The van der Waals surface area contributed by atoms with Crippen LogP contribution in [0.1, 0.15) is 40.6 Å². The second-order valence-corrected chi connectivity index (χ2v) is 10.8. The van der Waals surface area contributed by atoms with Gasteiger partial charge in [-0.2, -0.15) is 0 Å². The molecule has 0 fully saturated rings. The van der Waals surface area contributed by atoms with Gasteiger partial charge in [-0.25, -0.2) is 0 Å². The Morgan fingerprint density at radius 2 is 1.88 bits per heavy atom. The third-order valence-corrected chi connectivity index (χ3v) is 8.16. The maximum atomic E-state index is 6.39. The quantitative estimate of drug-likeness (QED) is 0.306. The predicted molar refractivity (Wildman–Crippen MR) is 144 cm³/mol. The highest BCUT2D eigenvalue weighted by Gasteiger charge is 2.39. The van der Waals surface area contributed by atoms with Gasteiger partial charge in [0, 0.05) is 16.6 Å². The van der Waals surface area contributed by atoms with Gasteiger partial charge in [-0.1, -0.05) is 53.0 Å². The topological polar surface area (TPSA) is 30.5 Å². The van der Waals surface area contributed by atoms with Crippen LogP contribution in [0, 0.1) is 12.8 Å². The zero-order valence-electron chi connectivity index (χ0n) is 18.7. The van der Waals surface area contributed by atoms with Crippen LogP contribution in [0.5, 0.6) is 11.5 Å². The summed E-state index contributed by atoms with van der Waals surface area (Å²) in [4.78, 5) is 0. The molecule has 5 rings (SSSR count). The lowest BCUT2D eigenvalue weighted by Gasteiger charge is -2.38. The van der Waals surface area contributed by atoms with E-state index in [0.717, 1.165) is 38.3 Å². The number of allylic oxidation sites excluding steroid dienone is 2. The van der Waals surface area contributed by atoms with Crippen molar-refractivity contribution in [2.75, 3.05) is 12.4 Å². The third kappa shape index (κ3) is 4.42. The van der Waals surface area contributed by atoms with E-state index in [9.17, 15) is 0 Å². The van der Waals surface area contributed by atoms with Crippen LogP contribution < -0.4 is 14.8 Å². The molecule has 7 heteroatoms. The molecular weight excluding hydrogens is 557 g/mol. The highest BCUT2D eigenvalue weighted by molar-refractivity contribution is 9.10. The highest BCUT2D eigenvalue weighted by Crippen LogP contribution is 2.52. The molecular formula is C27H23BrCl3NO2. The number of aryl methyl sites for hydroxylation is 1. The van der Waals surface area contributed by atoms with Crippen molar-refractivity contribution in [3.8, 4) is 11.5 Å². The molecule has 34 heavy (non-hydrogen) atoms. The van der Waals surface area contributed by atoms with Crippen LogP contribution >= 0.6 is 50.7 Å². The van der Waals surface area contributed by atoms with E-state index in [-0.39, 0.29) is 6.04 Å². The van der Waals surface area contributed by atoms with Crippen molar-refractivity contribution in [1.82, 2.24) is 0 Å². The Hall–Kier alpha value is -1.85. The number of rotatable bonds is 5. The number of hydrogen-bond donors (Lipinski definition) is 1. The fourth-order valence-electron chi connectivity index (χ4n) is 5.02. The Morgan fingerprint density at radius 3 is 2.65 bits per heavy atom. The zero-order chi connectivity index (χ0) is 24.0. The van der Waals surface area contributed by atoms with Crippen molar-refractivity contribution in [3.63, 3.8) is 0 Å². The summed E-state index contributed by atoms with van der Waals surface area (Å²) in [6, 6.07) is 13.9. The van der Waals surface area contributed by atoms with Crippen molar-refractivity contribution in [3.05, 3.63) is 96.4 Å². The third-order valence-electron chi connectivity index (χ3n) is 6.61. The summed E-state index contributed by atoms with van der Waals surface area (Å²) in [7, 11) is 1.66. The van der Waals surface area contributed by atoms with Gasteiger partial charge >= 0.3 is 0 Å². The van der Waals surface area contributed by atoms with E-state index >= 15 is 0 Å². The number of hydrogen-bond acceptors (Lipinski definition) is 3. The molecule has 176 valence electrons. The first-order valence-electron chi connectivity index (χ1n) is 11.0. The molecule has 3 atom stereocenters. The largest absolute Gasteiger partial charge is 0.493 e. The SMILES string of the molecule is COc1cc([C@@H]2Nc3c(C)cc(Cl)cc3[C@H]3C=CC[C@@H]32)cc(Br)c1OCc1ccc(Cl)c(Cl)c1. The van der Waals surface area contributed by atoms with E-state index in [1.165, 1.54) is 5.56 Å². The zero-order valence-corrected chi connectivity index (χ0v) is 22.5. The van der Waals surface area contributed by atoms with Crippen molar-refractivity contribution in [2.45, 2.75) is 31.9 Å². The molecule has 0 amide bonds. The fourth-order valence-corrected chi connectivity index (χ4v) is 6.19. The van der Waals surface area contributed by atoms with E-state index in [2.05, 4.69) is 58.5 Å². The summed E-state index contributed by atoms with van der Waals surface area (Å²) in [5.74, 6) is 2.05. The van der Waals surface area contributed by atoms with Crippen LogP contribution in [0.15, 0.2) is 59.1 Å². The lowest BCUT2D eigenvalue weighted by molar-refractivity contribution is 0.282. The first-order chi connectivity index (χ1) is 16.4. The molecule has 3 aromatic carbocycles. The Kier molecular flexibility index (Phi) is 6.78. The molecule has 2 aliphatic rings. The van der Waals surface area contributed by atoms with Crippen LogP contribution in [-0.2, 0) is 6.61 Å². The van der Waals surface area contributed by atoms with Crippen LogP contribution in [0.25, 0.3) is 0 Å². The summed E-state index contributed by atoms with van der Waals surface area (Å²) in [5.41, 5.74) is 5.65. The molecule has 0 saturated carbocycles. The molecule has 0 saturated heterocycles.